The number of methoxy groups -OCH3 is 1. The zero-order valence-corrected chi connectivity index (χ0v) is 8.80. The Bertz CT molecular complexity index is 187. The van der Waals surface area contributed by atoms with Gasteiger partial charge >= 0.3 is 12.1 Å². The van der Waals surface area contributed by atoms with Crippen LogP contribution in [-0.4, -0.2) is 43.4 Å². The molecule has 2 N–H and O–H groups in total. The predicted molar refractivity (Wildman–Crippen MR) is 48.2 cm³/mol. The number of ether oxygens (including phenoxy) is 1. The van der Waals surface area contributed by atoms with Crippen molar-refractivity contribution in [3.05, 3.63) is 0 Å². The molecule has 0 saturated carbocycles. The first-order valence-electron chi connectivity index (χ1n) is 4.02. The minimum Gasteiger partial charge on any atom is -0.384 e. The van der Waals surface area contributed by atoms with Crippen molar-refractivity contribution in [2.45, 2.75) is 17.3 Å². The zero-order valence-electron chi connectivity index (χ0n) is 7.98. The summed E-state index contributed by atoms with van der Waals surface area (Å²) in [5.74, 6) is -4.72. The van der Waals surface area contributed by atoms with Gasteiger partial charge < -0.3 is 10.5 Å². The maximum Gasteiger partial charge on any atom is 0.454 e. The smallest absolute Gasteiger partial charge is 0.384 e. The molecule has 0 saturated heterocycles. The lowest BCUT2D eigenvalue weighted by atomic mass is 10.2. The summed E-state index contributed by atoms with van der Waals surface area (Å²) in [6, 6.07) is 0. The highest BCUT2D eigenvalue weighted by Gasteiger charge is 2.61. The Balaban J connectivity index is 4.38. The molecule has 0 radical (unpaired) electrons. The summed E-state index contributed by atoms with van der Waals surface area (Å²) >= 11 is 0.460. The Morgan fingerprint density at radius 3 is 2.13 bits per heavy atom. The van der Waals surface area contributed by atoms with E-state index in [2.05, 4.69) is 4.74 Å². The minimum atomic E-state index is -5.56. The number of halogens is 5. The highest BCUT2D eigenvalue weighted by Crippen LogP contribution is 2.42. The van der Waals surface area contributed by atoms with E-state index in [0.29, 0.717) is 11.8 Å². The normalized spacial score (nSPS) is 15.4. The van der Waals surface area contributed by atoms with E-state index in [1.807, 2.05) is 0 Å². The van der Waals surface area contributed by atoms with Crippen LogP contribution in [-0.2, 0) is 4.74 Å². The van der Waals surface area contributed by atoms with E-state index in [0.717, 1.165) is 0 Å². The molecular formula is C7H12F5NOS. The summed E-state index contributed by atoms with van der Waals surface area (Å²) in [7, 11) is 1.33. The lowest BCUT2D eigenvalue weighted by Gasteiger charge is -2.27. The van der Waals surface area contributed by atoms with E-state index in [1.54, 1.807) is 0 Å². The van der Waals surface area contributed by atoms with Crippen molar-refractivity contribution >= 4 is 11.8 Å². The van der Waals surface area contributed by atoms with Crippen molar-refractivity contribution in [3.8, 4) is 0 Å². The molecule has 2 nitrogen and oxygen atoms in total. The monoisotopic (exact) mass is 253 g/mol. The molecule has 0 heterocycles. The molecule has 1 unspecified atom stereocenters. The maximum atomic E-state index is 12.8. The number of nitrogens with two attached hydrogens (primary N) is 1. The van der Waals surface area contributed by atoms with Gasteiger partial charge in [-0.25, -0.2) is 0 Å². The average molecular weight is 253 g/mol. The number of hydrogen-bond donors (Lipinski definition) is 1. The van der Waals surface area contributed by atoms with E-state index in [4.69, 9.17) is 5.73 Å². The van der Waals surface area contributed by atoms with Gasteiger partial charge in [-0.15, -0.1) is 11.8 Å². The second kappa shape index (κ2) is 5.86. The third-order valence-electron chi connectivity index (χ3n) is 1.60. The standard InChI is InChI=1S/C7H12F5NOS/c1-14-2-3-15-5(4-13)6(8,9)7(10,11)12/h5H,2-4,13H2,1H3. The van der Waals surface area contributed by atoms with Gasteiger partial charge in [-0.2, -0.15) is 22.0 Å². The highest BCUT2D eigenvalue weighted by molar-refractivity contribution is 8.00. The highest BCUT2D eigenvalue weighted by atomic mass is 32.2. The largest absolute Gasteiger partial charge is 0.454 e. The van der Waals surface area contributed by atoms with Crippen molar-refractivity contribution in [2.75, 3.05) is 26.0 Å². The Morgan fingerprint density at radius 1 is 1.27 bits per heavy atom. The third-order valence-corrected chi connectivity index (χ3v) is 2.90. The first-order chi connectivity index (χ1) is 6.77. The van der Waals surface area contributed by atoms with Crippen LogP contribution in [0.4, 0.5) is 22.0 Å². The molecule has 0 rings (SSSR count). The van der Waals surface area contributed by atoms with Gasteiger partial charge in [0, 0.05) is 19.4 Å². The topological polar surface area (TPSA) is 35.2 Å². The fraction of sp³-hybridized carbons (Fsp3) is 1.00. The van der Waals surface area contributed by atoms with Gasteiger partial charge in [-0.05, 0) is 0 Å². The van der Waals surface area contributed by atoms with Crippen LogP contribution < -0.4 is 5.73 Å². The van der Waals surface area contributed by atoms with Gasteiger partial charge in [0.25, 0.3) is 0 Å². The van der Waals surface area contributed by atoms with E-state index in [-0.39, 0.29) is 12.4 Å². The molecule has 15 heavy (non-hydrogen) atoms. The molecule has 0 aliphatic heterocycles. The molecule has 0 aromatic heterocycles. The molecule has 0 aromatic carbocycles. The maximum absolute atomic E-state index is 12.8. The van der Waals surface area contributed by atoms with E-state index in [9.17, 15) is 22.0 Å². The fourth-order valence-corrected chi connectivity index (χ4v) is 1.80. The van der Waals surface area contributed by atoms with Crippen LogP contribution in [0.2, 0.25) is 0 Å². The van der Waals surface area contributed by atoms with E-state index in [1.165, 1.54) is 7.11 Å². The molecule has 0 fully saturated rings. The van der Waals surface area contributed by atoms with Crippen molar-refractivity contribution in [3.63, 3.8) is 0 Å². The SMILES string of the molecule is COCCSC(CN)C(F)(F)C(F)(F)F. The number of rotatable bonds is 6. The molecule has 8 heteroatoms. The Kier molecular flexibility index (Phi) is 5.82. The molecule has 92 valence electrons. The van der Waals surface area contributed by atoms with Gasteiger partial charge in [0.05, 0.1) is 11.9 Å². The molecule has 0 spiro atoms. The van der Waals surface area contributed by atoms with Gasteiger partial charge in [0.1, 0.15) is 0 Å². The quantitative estimate of drug-likeness (QED) is 0.580. The molecule has 1 atom stereocenters. The second-order valence-corrected chi connectivity index (χ2v) is 4.02. The summed E-state index contributed by atoms with van der Waals surface area (Å²) in [5.41, 5.74) is 4.90. The van der Waals surface area contributed by atoms with Gasteiger partial charge in [0.15, 0.2) is 0 Å². The molecule has 0 amide bonds. The Hall–Kier alpha value is -0.0800. The Labute approximate surface area is 88.3 Å². The van der Waals surface area contributed by atoms with Crippen LogP contribution in [0.15, 0.2) is 0 Å². The van der Waals surface area contributed by atoms with Gasteiger partial charge in [-0.1, -0.05) is 0 Å². The molecule has 0 aliphatic carbocycles. The van der Waals surface area contributed by atoms with Crippen molar-refractivity contribution in [1.82, 2.24) is 0 Å². The summed E-state index contributed by atoms with van der Waals surface area (Å²) in [5, 5.41) is -1.97. The molecule has 0 bridgehead atoms. The number of hydrogen-bond acceptors (Lipinski definition) is 3. The van der Waals surface area contributed by atoms with Crippen LogP contribution in [0, 0.1) is 0 Å². The summed E-state index contributed by atoms with van der Waals surface area (Å²) in [4.78, 5) is 0. The number of thioether (sulfide) groups is 1. The van der Waals surface area contributed by atoms with E-state index >= 15 is 0 Å². The summed E-state index contributed by atoms with van der Waals surface area (Å²) in [6.07, 6.45) is -5.56. The third kappa shape index (κ3) is 4.12. The van der Waals surface area contributed by atoms with Gasteiger partial charge in [0.2, 0.25) is 0 Å². The molecule has 0 aromatic rings. The van der Waals surface area contributed by atoms with Crippen LogP contribution >= 0.6 is 11.8 Å². The van der Waals surface area contributed by atoms with Gasteiger partial charge in [-0.3, -0.25) is 0 Å². The average Bonchev–Trinajstić information content (AvgIpc) is 2.10. The van der Waals surface area contributed by atoms with Crippen molar-refractivity contribution in [1.29, 1.82) is 0 Å². The van der Waals surface area contributed by atoms with Crippen LogP contribution in [0.3, 0.4) is 0 Å². The summed E-state index contributed by atoms with van der Waals surface area (Å²) in [6.45, 7) is -0.629. The fourth-order valence-electron chi connectivity index (χ4n) is 0.777. The zero-order chi connectivity index (χ0) is 12.1. The first kappa shape index (κ1) is 14.9. The van der Waals surface area contributed by atoms with Crippen LogP contribution in [0.5, 0.6) is 0 Å². The van der Waals surface area contributed by atoms with Crippen molar-refractivity contribution < 1.29 is 26.7 Å². The molecular weight excluding hydrogens is 241 g/mol. The van der Waals surface area contributed by atoms with E-state index < -0.39 is 23.9 Å². The summed E-state index contributed by atoms with van der Waals surface area (Å²) < 4.78 is 65.8. The van der Waals surface area contributed by atoms with Crippen molar-refractivity contribution in [2.24, 2.45) is 5.73 Å². The minimum absolute atomic E-state index is 0.0457. The number of alkyl halides is 5. The second-order valence-electron chi connectivity index (χ2n) is 2.71. The Morgan fingerprint density at radius 2 is 1.80 bits per heavy atom. The molecule has 0 aliphatic rings. The predicted octanol–water partition coefficient (Wildman–Crippen LogP) is 1.89. The van der Waals surface area contributed by atoms with Crippen LogP contribution in [0.25, 0.3) is 0 Å². The van der Waals surface area contributed by atoms with Crippen LogP contribution in [0.1, 0.15) is 0 Å². The first-order valence-corrected chi connectivity index (χ1v) is 5.07. The lowest BCUT2D eigenvalue weighted by molar-refractivity contribution is -0.280. The lowest BCUT2D eigenvalue weighted by Crippen LogP contribution is -2.48.